The fraction of sp³-hybridized carbons (Fsp3) is 0.375. The molecule has 5 heteroatoms. The van der Waals surface area contributed by atoms with Crippen LogP contribution >= 0.6 is 0 Å². The summed E-state index contributed by atoms with van der Waals surface area (Å²) in [6, 6.07) is 16.1. The van der Waals surface area contributed by atoms with Crippen molar-refractivity contribution in [1.29, 1.82) is 10.8 Å². The van der Waals surface area contributed by atoms with E-state index in [1.807, 2.05) is 41.3 Å². The van der Waals surface area contributed by atoms with E-state index in [1.54, 1.807) is 0 Å². The zero-order valence-corrected chi connectivity index (χ0v) is 16.7. The largest absolute Gasteiger partial charge is 0.371 e. The molecule has 0 aliphatic carbocycles. The monoisotopic (exact) mass is 388 g/mol. The zero-order valence-electron chi connectivity index (χ0n) is 16.7. The van der Waals surface area contributed by atoms with E-state index in [0.29, 0.717) is 12.3 Å². The highest BCUT2D eigenvalue weighted by Gasteiger charge is 2.29. The predicted molar refractivity (Wildman–Crippen MR) is 117 cm³/mol. The molecule has 29 heavy (non-hydrogen) atoms. The number of carbonyl (C=O) groups excluding carboxylic acids is 1. The van der Waals surface area contributed by atoms with E-state index in [4.69, 9.17) is 10.8 Å². The molecule has 2 aromatic carbocycles. The van der Waals surface area contributed by atoms with Crippen LogP contribution in [0, 0.1) is 16.7 Å². The van der Waals surface area contributed by atoms with Crippen molar-refractivity contribution in [2.75, 3.05) is 31.1 Å². The molecule has 0 aromatic heterocycles. The van der Waals surface area contributed by atoms with E-state index in [0.717, 1.165) is 62.8 Å². The number of amides is 1. The number of carbonyl (C=O) groups is 1. The molecule has 0 bridgehead atoms. The number of aryl methyl sites for hydroxylation is 1. The van der Waals surface area contributed by atoms with Gasteiger partial charge in [-0.2, -0.15) is 0 Å². The summed E-state index contributed by atoms with van der Waals surface area (Å²) in [6.07, 6.45) is 4.78. The first-order valence-electron chi connectivity index (χ1n) is 10.4. The Morgan fingerprint density at radius 2 is 1.97 bits per heavy atom. The van der Waals surface area contributed by atoms with Crippen LogP contribution in [-0.4, -0.2) is 48.9 Å². The quantitative estimate of drug-likeness (QED) is 0.743. The van der Waals surface area contributed by atoms with Crippen molar-refractivity contribution in [3.05, 3.63) is 65.2 Å². The van der Waals surface area contributed by atoms with Crippen LogP contribution in [0.2, 0.25) is 0 Å². The zero-order chi connectivity index (χ0) is 20.2. The van der Waals surface area contributed by atoms with Crippen LogP contribution in [0.3, 0.4) is 0 Å². The highest BCUT2D eigenvalue weighted by atomic mass is 16.2. The molecule has 1 saturated heterocycles. The number of nitrogens with zero attached hydrogens (tertiary/aromatic N) is 2. The molecule has 1 unspecified atom stereocenters. The van der Waals surface area contributed by atoms with Crippen LogP contribution < -0.4 is 4.90 Å². The van der Waals surface area contributed by atoms with Gasteiger partial charge in [-0.25, -0.2) is 0 Å². The molecule has 1 amide bonds. The number of hydrogen-bond donors (Lipinski definition) is 2. The van der Waals surface area contributed by atoms with Crippen LogP contribution in [0.25, 0.3) is 0 Å². The van der Waals surface area contributed by atoms with Crippen LogP contribution in [0.15, 0.2) is 48.5 Å². The second kappa shape index (κ2) is 8.60. The smallest absolute Gasteiger partial charge is 0.226 e. The van der Waals surface area contributed by atoms with Crippen LogP contribution in [0.5, 0.6) is 0 Å². The van der Waals surface area contributed by atoms with Gasteiger partial charge in [-0.3, -0.25) is 10.2 Å². The third kappa shape index (κ3) is 4.39. The Labute approximate surface area is 172 Å². The van der Waals surface area contributed by atoms with Gasteiger partial charge >= 0.3 is 0 Å². The van der Waals surface area contributed by atoms with Gasteiger partial charge in [0.2, 0.25) is 5.91 Å². The molecular formula is C24H28N4O. The summed E-state index contributed by atoms with van der Waals surface area (Å²) in [7, 11) is 0. The number of fused-ring (bicyclic) bond motifs is 1. The molecule has 1 atom stereocenters. The second-order valence-electron chi connectivity index (χ2n) is 8.11. The van der Waals surface area contributed by atoms with Crippen molar-refractivity contribution in [2.24, 2.45) is 5.92 Å². The van der Waals surface area contributed by atoms with Gasteiger partial charge < -0.3 is 15.2 Å². The lowest BCUT2D eigenvalue weighted by Crippen LogP contribution is -2.36. The summed E-state index contributed by atoms with van der Waals surface area (Å²) in [5.41, 5.74) is 4.69. The van der Waals surface area contributed by atoms with Crippen molar-refractivity contribution in [2.45, 2.75) is 25.7 Å². The van der Waals surface area contributed by atoms with E-state index >= 15 is 0 Å². The number of nitrogens with one attached hydrogen (secondary N) is 2. The Kier molecular flexibility index (Phi) is 5.74. The average Bonchev–Trinajstić information content (AvgIpc) is 3.22. The van der Waals surface area contributed by atoms with Gasteiger partial charge in [0.05, 0.1) is 12.1 Å². The summed E-state index contributed by atoms with van der Waals surface area (Å²) in [5.74, 6) is 0.729. The second-order valence-corrected chi connectivity index (χ2v) is 8.11. The molecule has 4 rings (SSSR count). The van der Waals surface area contributed by atoms with Gasteiger partial charge in [-0.15, -0.1) is 0 Å². The van der Waals surface area contributed by atoms with Gasteiger partial charge in [-0.05, 0) is 48.4 Å². The number of benzene rings is 2. The summed E-state index contributed by atoms with van der Waals surface area (Å²) >= 11 is 0. The van der Waals surface area contributed by atoms with Crippen molar-refractivity contribution >= 4 is 23.5 Å². The summed E-state index contributed by atoms with van der Waals surface area (Å²) in [6.45, 7) is 3.72. The molecule has 0 spiro atoms. The topological polar surface area (TPSA) is 71.2 Å². The van der Waals surface area contributed by atoms with E-state index in [1.165, 1.54) is 11.3 Å². The van der Waals surface area contributed by atoms with E-state index in [2.05, 4.69) is 17.0 Å². The third-order valence-corrected chi connectivity index (χ3v) is 6.06. The van der Waals surface area contributed by atoms with Gasteiger partial charge in [0.15, 0.2) is 0 Å². The van der Waals surface area contributed by atoms with E-state index < -0.39 is 0 Å². The highest BCUT2D eigenvalue weighted by Crippen LogP contribution is 2.30. The Hall–Kier alpha value is -2.95. The van der Waals surface area contributed by atoms with Crippen molar-refractivity contribution < 1.29 is 4.79 Å². The summed E-state index contributed by atoms with van der Waals surface area (Å²) in [5, 5.41) is 15.2. The fourth-order valence-corrected chi connectivity index (χ4v) is 4.52. The number of hydrogen-bond acceptors (Lipinski definition) is 4. The Balaban J connectivity index is 1.38. The maximum Gasteiger partial charge on any atom is 0.226 e. The lowest BCUT2D eigenvalue weighted by molar-refractivity contribution is -0.129. The Bertz CT molecular complexity index is 908. The maximum absolute atomic E-state index is 12.7. The lowest BCUT2D eigenvalue weighted by Gasteiger charge is -2.33. The van der Waals surface area contributed by atoms with Crippen molar-refractivity contribution in [1.82, 2.24) is 4.90 Å². The third-order valence-electron chi connectivity index (χ3n) is 6.06. The van der Waals surface area contributed by atoms with Gasteiger partial charge in [0.1, 0.15) is 0 Å². The minimum Gasteiger partial charge on any atom is -0.371 e. The molecular weight excluding hydrogens is 360 g/mol. The average molecular weight is 389 g/mol. The molecule has 0 saturated carbocycles. The highest BCUT2D eigenvalue weighted by molar-refractivity contribution is 6.35. The fourth-order valence-electron chi connectivity index (χ4n) is 4.52. The minimum atomic E-state index is 0.229. The lowest BCUT2D eigenvalue weighted by atomic mass is 9.96. The molecule has 2 aromatic rings. The first-order valence-corrected chi connectivity index (χ1v) is 10.4. The number of rotatable bonds is 6. The van der Waals surface area contributed by atoms with E-state index in [9.17, 15) is 4.79 Å². The van der Waals surface area contributed by atoms with Crippen LogP contribution in [0.1, 0.15) is 29.5 Å². The first kappa shape index (κ1) is 19.4. The van der Waals surface area contributed by atoms with E-state index in [-0.39, 0.29) is 11.6 Å². The van der Waals surface area contributed by atoms with Crippen LogP contribution in [-0.2, 0) is 17.6 Å². The minimum absolute atomic E-state index is 0.229. The molecule has 0 radical (unpaired) electrons. The van der Waals surface area contributed by atoms with Gasteiger partial charge in [-0.1, -0.05) is 36.4 Å². The summed E-state index contributed by atoms with van der Waals surface area (Å²) < 4.78 is 0. The van der Waals surface area contributed by atoms with Gasteiger partial charge in [0, 0.05) is 43.6 Å². The SMILES string of the molecule is N=CC(=N)c1ccc2c(c1)CCCN2CC1CCN(C(=O)Cc2ccccc2)C1. The Morgan fingerprint density at radius 1 is 1.14 bits per heavy atom. The molecule has 1 fully saturated rings. The molecule has 150 valence electrons. The Morgan fingerprint density at radius 3 is 2.76 bits per heavy atom. The molecule has 2 aliphatic heterocycles. The maximum atomic E-state index is 12.7. The van der Waals surface area contributed by atoms with Crippen LogP contribution in [0.4, 0.5) is 5.69 Å². The number of anilines is 1. The molecule has 2 aliphatic rings. The summed E-state index contributed by atoms with van der Waals surface area (Å²) in [4.78, 5) is 17.1. The first-order chi connectivity index (χ1) is 14.1. The van der Waals surface area contributed by atoms with Crippen molar-refractivity contribution in [3.8, 4) is 0 Å². The predicted octanol–water partition coefficient (Wildman–Crippen LogP) is 3.55. The number of likely N-dealkylation sites (tertiary alicyclic amines) is 1. The van der Waals surface area contributed by atoms with Gasteiger partial charge in [0.25, 0.3) is 0 Å². The standard InChI is InChI=1S/C24H28N4O/c25-15-22(26)20-8-9-23-21(14-20)7-4-11-27(23)16-19-10-12-28(17-19)24(29)13-18-5-2-1-3-6-18/h1-3,5-6,8-9,14-15,19,25-26H,4,7,10-13,16-17H2. The van der Waals surface area contributed by atoms with Crippen molar-refractivity contribution in [3.63, 3.8) is 0 Å². The molecule has 2 N–H and O–H groups in total. The molecule has 2 heterocycles. The molecule has 5 nitrogen and oxygen atoms in total. The normalized spacial score (nSPS) is 18.4.